The maximum atomic E-state index is 13.1. The monoisotopic (exact) mass is 456 g/mol. The molecular formula is C23H25FN4O3S. The summed E-state index contributed by atoms with van der Waals surface area (Å²) in [7, 11) is -1.95. The van der Waals surface area contributed by atoms with Crippen molar-refractivity contribution in [3.05, 3.63) is 72.3 Å². The number of halogens is 1. The summed E-state index contributed by atoms with van der Waals surface area (Å²) in [4.78, 5) is 12.7. The molecule has 2 aromatic carbocycles. The zero-order valence-electron chi connectivity index (χ0n) is 17.7. The first-order valence-corrected chi connectivity index (χ1v) is 12.0. The highest BCUT2D eigenvalue weighted by atomic mass is 32.2. The van der Waals surface area contributed by atoms with E-state index < -0.39 is 15.9 Å². The number of hydrogen-bond donors (Lipinski definition) is 1. The van der Waals surface area contributed by atoms with Crippen molar-refractivity contribution in [3.63, 3.8) is 0 Å². The van der Waals surface area contributed by atoms with E-state index in [1.54, 1.807) is 43.6 Å². The SMILES string of the molecule is CN(C1CCCCC1)S(=O)(=O)c1ccc(NC(=O)c2ccn(-c3ccc(F)cc3)n2)cc1. The first-order valence-electron chi connectivity index (χ1n) is 10.6. The second-order valence-corrected chi connectivity index (χ2v) is 9.91. The lowest BCUT2D eigenvalue weighted by Gasteiger charge is -2.30. The Balaban J connectivity index is 1.43. The topological polar surface area (TPSA) is 84.3 Å². The first-order chi connectivity index (χ1) is 15.3. The molecule has 9 heteroatoms. The van der Waals surface area contributed by atoms with Crippen LogP contribution >= 0.6 is 0 Å². The van der Waals surface area contributed by atoms with Crippen LogP contribution in [0, 0.1) is 5.82 Å². The minimum atomic E-state index is -3.59. The average Bonchev–Trinajstić information content (AvgIpc) is 3.30. The molecule has 0 spiro atoms. The molecule has 0 unspecified atom stereocenters. The Labute approximate surface area is 186 Å². The highest BCUT2D eigenvalue weighted by molar-refractivity contribution is 7.89. The Morgan fingerprint density at radius 1 is 1.03 bits per heavy atom. The number of benzene rings is 2. The van der Waals surface area contributed by atoms with Gasteiger partial charge in [-0.1, -0.05) is 19.3 Å². The van der Waals surface area contributed by atoms with E-state index in [0.717, 1.165) is 32.1 Å². The number of anilines is 1. The maximum Gasteiger partial charge on any atom is 0.276 e. The molecule has 1 heterocycles. The number of sulfonamides is 1. The van der Waals surface area contributed by atoms with Gasteiger partial charge in [0.05, 0.1) is 10.6 Å². The molecule has 0 saturated heterocycles. The highest BCUT2D eigenvalue weighted by Crippen LogP contribution is 2.27. The molecule has 1 aliphatic rings. The summed E-state index contributed by atoms with van der Waals surface area (Å²) in [5.41, 5.74) is 1.27. The third-order valence-electron chi connectivity index (χ3n) is 5.79. The fraction of sp³-hybridized carbons (Fsp3) is 0.304. The van der Waals surface area contributed by atoms with Crippen LogP contribution in [0.15, 0.2) is 65.7 Å². The maximum absolute atomic E-state index is 13.1. The van der Waals surface area contributed by atoms with Crippen molar-refractivity contribution in [3.8, 4) is 5.69 Å². The summed E-state index contributed by atoms with van der Waals surface area (Å²) >= 11 is 0. The lowest BCUT2D eigenvalue weighted by atomic mass is 9.96. The van der Waals surface area contributed by atoms with Crippen molar-refractivity contribution >= 4 is 21.6 Å². The highest BCUT2D eigenvalue weighted by Gasteiger charge is 2.29. The van der Waals surface area contributed by atoms with Gasteiger partial charge < -0.3 is 5.32 Å². The molecule has 1 fully saturated rings. The number of rotatable bonds is 6. The van der Waals surface area contributed by atoms with Gasteiger partial charge in [0.15, 0.2) is 5.69 Å². The largest absolute Gasteiger partial charge is 0.321 e. The second kappa shape index (κ2) is 9.22. The first kappa shape index (κ1) is 22.2. The third kappa shape index (κ3) is 4.73. The third-order valence-corrected chi connectivity index (χ3v) is 7.72. The molecule has 1 aliphatic carbocycles. The van der Waals surface area contributed by atoms with Crippen LogP contribution in [0.5, 0.6) is 0 Å². The summed E-state index contributed by atoms with van der Waals surface area (Å²) in [5, 5.41) is 6.94. The van der Waals surface area contributed by atoms with Gasteiger partial charge in [-0.3, -0.25) is 4.79 Å². The normalized spacial score (nSPS) is 15.1. The van der Waals surface area contributed by atoms with E-state index in [1.807, 2.05) is 0 Å². The van der Waals surface area contributed by atoms with Crippen molar-refractivity contribution in [1.29, 1.82) is 0 Å². The molecule has 0 bridgehead atoms. The van der Waals surface area contributed by atoms with Crippen molar-refractivity contribution < 1.29 is 17.6 Å². The molecule has 32 heavy (non-hydrogen) atoms. The van der Waals surface area contributed by atoms with Crippen LogP contribution in [-0.4, -0.2) is 41.5 Å². The Bertz CT molecular complexity index is 1180. The van der Waals surface area contributed by atoms with Crippen molar-refractivity contribution in [2.75, 3.05) is 12.4 Å². The Morgan fingerprint density at radius 3 is 2.34 bits per heavy atom. The number of amides is 1. The van der Waals surface area contributed by atoms with Crippen LogP contribution in [-0.2, 0) is 10.0 Å². The Hall–Kier alpha value is -3.04. The average molecular weight is 457 g/mol. The molecule has 7 nitrogen and oxygen atoms in total. The van der Waals surface area contributed by atoms with Crippen molar-refractivity contribution in [1.82, 2.24) is 14.1 Å². The molecule has 1 aromatic heterocycles. The number of carbonyl (C=O) groups excluding carboxylic acids is 1. The van der Waals surface area contributed by atoms with Crippen molar-refractivity contribution in [2.45, 2.75) is 43.0 Å². The number of aromatic nitrogens is 2. The smallest absolute Gasteiger partial charge is 0.276 e. The van der Waals surface area contributed by atoms with Crippen LogP contribution in [0.3, 0.4) is 0 Å². The van der Waals surface area contributed by atoms with Gasteiger partial charge in [-0.15, -0.1) is 0 Å². The number of nitrogens with one attached hydrogen (secondary N) is 1. The molecule has 1 N–H and O–H groups in total. The van der Waals surface area contributed by atoms with Gasteiger partial charge in [-0.05, 0) is 67.4 Å². The number of carbonyl (C=O) groups is 1. The number of nitrogens with zero attached hydrogens (tertiary/aromatic N) is 3. The summed E-state index contributed by atoms with van der Waals surface area (Å²) in [6.07, 6.45) is 6.63. The van der Waals surface area contributed by atoms with Crippen LogP contribution < -0.4 is 5.32 Å². The molecular weight excluding hydrogens is 431 g/mol. The van der Waals surface area contributed by atoms with Gasteiger partial charge in [0, 0.05) is 25.0 Å². The summed E-state index contributed by atoms with van der Waals surface area (Å²) in [6.45, 7) is 0. The molecule has 168 valence electrons. The molecule has 0 atom stereocenters. The predicted molar refractivity (Wildman–Crippen MR) is 120 cm³/mol. The molecule has 3 aromatic rings. The standard InChI is InChI=1S/C23H25FN4O3S/c1-27(19-5-3-2-4-6-19)32(30,31)21-13-9-18(10-14-21)25-23(29)22-15-16-28(26-22)20-11-7-17(24)8-12-20/h7-16,19H,2-6H2,1H3,(H,25,29). The predicted octanol–water partition coefficient (Wildman–Crippen LogP) is 4.22. The fourth-order valence-corrected chi connectivity index (χ4v) is 5.31. The molecule has 1 amide bonds. The lowest BCUT2D eigenvalue weighted by Crippen LogP contribution is -2.38. The van der Waals surface area contributed by atoms with E-state index in [1.165, 1.54) is 33.3 Å². The van der Waals surface area contributed by atoms with E-state index in [0.29, 0.717) is 11.4 Å². The van der Waals surface area contributed by atoms with Crippen LogP contribution in [0.25, 0.3) is 5.69 Å². The second-order valence-electron chi connectivity index (χ2n) is 7.91. The van der Waals surface area contributed by atoms with Gasteiger partial charge in [-0.25, -0.2) is 17.5 Å². The molecule has 0 radical (unpaired) electrons. The van der Waals surface area contributed by atoms with Crippen molar-refractivity contribution in [2.24, 2.45) is 0 Å². The molecule has 4 rings (SSSR count). The minimum Gasteiger partial charge on any atom is -0.321 e. The summed E-state index contributed by atoms with van der Waals surface area (Å²) in [5.74, 6) is -0.782. The van der Waals surface area contributed by atoms with E-state index >= 15 is 0 Å². The summed E-state index contributed by atoms with van der Waals surface area (Å²) < 4.78 is 41.9. The quantitative estimate of drug-likeness (QED) is 0.602. The lowest BCUT2D eigenvalue weighted by molar-refractivity contribution is 0.102. The minimum absolute atomic E-state index is 0.0318. The fourth-order valence-electron chi connectivity index (χ4n) is 3.90. The van der Waals surface area contributed by atoms with Gasteiger partial charge >= 0.3 is 0 Å². The Morgan fingerprint density at radius 2 is 1.69 bits per heavy atom. The zero-order chi connectivity index (χ0) is 22.7. The van der Waals surface area contributed by atoms with E-state index in [4.69, 9.17) is 0 Å². The van der Waals surface area contributed by atoms with Gasteiger partial charge in [0.2, 0.25) is 10.0 Å². The van der Waals surface area contributed by atoms with E-state index in [9.17, 15) is 17.6 Å². The van der Waals surface area contributed by atoms with Crippen LogP contribution in [0.4, 0.5) is 10.1 Å². The molecule has 1 saturated carbocycles. The van der Waals surface area contributed by atoms with Gasteiger partial charge in [0.1, 0.15) is 5.82 Å². The van der Waals surface area contributed by atoms with Gasteiger partial charge in [-0.2, -0.15) is 9.40 Å². The van der Waals surface area contributed by atoms with Crippen LogP contribution in [0.1, 0.15) is 42.6 Å². The van der Waals surface area contributed by atoms with E-state index in [2.05, 4.69) is 10.4 Å². The van der Waals surface area contributed by atoms with Gasteiger partial charge in [0.25, 0.3) is 5.91 Å². The number of hydrogen-bond acceptors (Lipinski definition) is 4. The van der Waals surface area contributed by atoms with Crippen LogP contribution in [0.2, 0.25) is 0 Å². The molecule has 0 aliphatic heterocycles. The van der Waals surface area contributed by atoms with E-state index in [-0.39, 0.29) is 22.4 Å². The zero-order valence-corrected chi connectivity index (χ0v) is 18.6. The Kier molecular flexibility index (Phi) is 6.38. The summed E-state index contributed by atoms with van der Waals surface area (Å²) in [6, 6.07) is 13.5.